The van der Waals surface area contributed by atoms with Crippen molar-refractivity contribution in [2.45, 2.75) is 37.1 Å². The first-order valence-corrected chi connectivity index (χ1v) is 9.79. The van der Waals surface area contributed by atoms with Crippen molar-refractivity contribution in [1.82, 2.24) is 4.98 Å². The molecular formula is C23H23NO5. The lowest BCUT2D eigenvalue weighted by Crippen LogP contribution is -2.46. The SMILES string of the molecule is c1ccc(COC[C@@]23CO[C@@H]([C@@H](c4cnco4)O2)[C@@H]3OCc2ccccc2)cc1. The third kappa shape index (κ3) is 3.72. The number of hydrogen-bond donors (Lipinski definition) is 0. The molecule has 3 heterocycles. The molecule has 2 aromatic carbocycles. The summed E-state index contributed by atoms with van der Waals surface area (Å²) < 4.78 is 30.3. The highest BCUT2D eigenvalue weighted by molar-refractivity contribution is 5.17. The van der Waals surface area contributed by atoms with Crippen molar-refractivity contribution in [1.29, 1.82) is 0 Å². The second-order valence-electron chi connectivity index (χ2n) is 7.48. The smallest absolute Gasteiger partial charge is 0.180 e. The van der Waals surface area contributed by atoms with Crippen molar-refractivity contribution in [3.63, 3.8) is 0 Å². The molecule has 0 aliphatic carbocycles. The number of benzene rings is 2. The number of aromatic nitrogens is 1. The van der Waals surface area contributed by atoms with Crippen LogP contribution in [0.1, 0.15) is 23.0 Å². The van der Waals surface area contributed by atoms with Crippen LogP contribution in [0.5, 0.6) is 0 Å². The number of fused-ring (bicyclic) bond motifs is 2. The minimum Gasteiger partial charge on any atom is -0.446 e. The molecule has 2 fully saturated rings. The van der Waals surface area contributed by atoms with Crippen LogP contribution in [0.4, 0.5) is 0 Å². The minimum atomic E-state index is -0.675. The third-order valence-electron chi connectivity index (χ3n) is 5.46. The summed E-state index contributed by atoms with van der Waals surface area (Å²) in [5, 5.41) is 0. The van der Waals surface area contributed by atoms with Gasteiger partial charge in [0.1, 0.15) is 23.9 Å². The average Bonchev–Trinajstić information content (AvgIpc) is 3.48. The molecule has 2 bridgehead atoms. The first kappa shape index (κ1) is 18.5. The maximum Gasteiger partial charge on any atom is 0.180 e. The second kappa shape index (κ2) is 8.08. The fourth-order valence-corrected chi connectivity index (χ4v) is 4.04. The van der Waals surface area contributed by atoms with Gasteiger partial charge in [-0.2, -0.15) is 0 Å². The van der Waals surface area contributed by atoms with Crippen LogP contribution in [0.15, 0.2) is 77.7 Å². The summed E-state index contributed by atoms with van der Waals surface area (Å²) in [5.41, 5.74) is 1.55. The van der Waals surface area contributed by atoms with Crippen molar-refractivity contribution >= 4 is 0 Å². The zero-order valence-corrected chi connectivity index (χ0v) is 16.0. The van der Waals surface area contributed by atoms with E-state index in [1.165, 1.54) is 6.39 Å². The van der Waals surface area contributed by atoms with E-state index in [9.17, 15) is 0 Å². The number of hydrogen-bond acceptors (Lipinski definition) is 6. The first-order chi connectivity index (χ1) is 14.3. The fourth-order valence-electron chi connectivity index (χ4n) is 4.04. The molecule has 0 spiro atoms. The Morgan fingerprint density at radius 1 is 0.966 bits per heavy atom. The Bertz CT molecular complexity index is 902. The van der Waals surface area contributed by atoms with Gasteiger partial charge in [-0.1, -0.05) is 60.7 Å². The number of rotatable bonds is 8. The van der Waals surface area contributed by atoms with Crippen LogP contribution in [0, 0.1) is 0 Å². The molecule has 2 saturated heterocycles. The van der Waals surface area contributed by atoms with E-state index in [4.69, 9.17) is 23.4 Å². The third-order valence-corrected chi connectivity index (χ3v) is 5.46. The molecule has 0 radical (unpaired) electrons. The highest BCUT2D eigenvalue weighted by Crippen LogP contribution is 2.49. The van der Waals surface area contributed by atoms with Gasteiger partial charge < -0.3 is 23.4 Å². The molecule has 2 aliphatic heterocycles. The lowest BCUT2D eigenvalue weighted by molar-refractivity contribution is -0.180. The van der Waals surface area contributed by atoms with Crippen LogP contribution in [-0.4, -0.2) is 36.0 Å². The Kier molecular flexibility index (Phi) is 5.16. The maximum absolute atomic E-state index is 6.42. The summed E-state index contributed by atoms with van der Waals surface area (Å²) in [6.07, 6.45) is 2.21. The van der Waals surface area contributed by atoms with Gasteiger partial charge in [-0.15, -0.1) is 0 Å². The molecule has 29 heavy (non-hydrogen) atoms. The molecule has 0 unspecified atom stereocenters. The summed E-state index contributed by atoms with van der Waals surface area (Å²) in [6.45, 7) is 1.80. The van der Waals surface area contributed by atoms with Gasteiger partial charge in [-0.05, 0) is 11.1 Å². The monoisotopic (exact) mass is 393 g/mol. The zero-order valence-electron chi connectivity index (χ0n) is 16.0. The Balaban J connectivity index is 1.32. The molecule has 0 saturated carbocycles. The fraction of sp³-hybridized carbons (Fsp3) is 0.348. The Labute approximate surface area is 169 Å². The summed E-state index contributed by atoms with van der Waals surface area (Å²) in [6, 6.07) is 20.2. The van der Waals surface area contributed by atoms with Crippen molar-refractivity contribution in [2.75, 3.05) is 13.2 Å². The Morgan fingerprint density at radius 2 is 1.69 bits per heavy atom. The largest absolute Gasteiger partial charge is 0.446 e. The van der Waals surface area contributed by atoms with Gasteiger partial charge in [0.25, 0.3) is 0 Å². The predicted molar refractivity (Wildman–Crippen MR) is 104 cm³/mol. The summed E-state index contributed by atoms with van der Waals surface area (Å²) in [7, 11) is 0. The van der Waals surface area contributed by atoms with E-state index in [2.05, 4.69) is 4.98 Å². The lowest BCUT2D eigenvalue weighted by Gasteiger charge is -2.30. The summed E-state index contributed by atoms with van der Waals surface area (Å²) in [4.78, 5) is 4.02. The molecule has 2 aliphatic rings. The van der Waals surface area contributed by atoms with Crippen molar-refractivity contribution in [3.8, 4) is 0 Å². The normalized spacial score (nSPS) is 28.1. The number of nitrogens with zero attached hydrogens (tertiary/aromatic N) is 1. The topological polar surface area (TPSA) is 63.0 Å². The van der Waals surface area contributed by atoms with Crippen molar-refractivity contribution in [2.24, 2.45) is 0 Å². The molecule has 1 aromatic heterocycles. The predicted octanol–water partition coefficient (Wildman–Crippen LogP) is 3.69. The van der Waals surface area contributed by atoms with Gasteiger partial charge in [0.15, 0.2) is 12.2 Å². The van der Waals surface area contributed by atoms with Crippen LogP contribution < -0.4 is 0 Å². The molecule has 6 nitrogen and oxygen atoms in total. The van der Waals surface area contributed by atoms with E-state index in [1.807, 2.05) is 60.7 Å². The van der Waals surface area contributed by atoms with Crippen LogP contribution in [-0.2, 0) is 32.2 Å². The molecule has 5 rings (SSSR count). The summed E-state index contributed by atoms with van der Waals surface area (Å²) >= 11 is 0. The Morgan fingerprint density at radius 3 is 2.38 bits per heavy atom. The molecule has 150 valence electrons. The highest BCUT2D eigenvalue weighted by atomic mass is 16.7. The van der Waals surface area contributed by atoms with E-state index in [0.29, 0.717) is 32.2 Å². The maximum atomic E-state index is 6.42. The van der Waals surface area contributed by atoms with Gasteiger partial charge in [-0.25, -0.2) is 4.98 Å². The van der Waals surface area contributed by atoms with E-state index < -0.39 is 5.60 Å². The van der Waals surface area contributed by atoms with Crippen LogP contribution in [0.3, 0.4) is 0 Å². The van der Waals surface area contributed by atoms with E-state index in [-0.39, 0.29) is 18.3 Å². The second-order valence-corrected chi connectivity index (χ2v) is 7.48. The van der Waals surface area contributed by atoms with Crippen molar-refractivity contribution in [3.05, 3.63) is 90.1 Å². The summed E-state index contributed by atoms with van der Waals surface area (Å²) in [5.74, 6) is 0.646. The highest BCUT2D eigenvalue weighted by Gasteiger charge is 2.63. The molecule has 0 amide bonds. The zero-order chi connectivity index (χ0) is 19.5. The molecule has 3 aromatic rings. The number of oxazole rings is 1. The minimum absolute atomic E-state index is 0.256. The lowest BCUT2D eigenvalue weighted by atomic mass is 9.98. The standard InChI is InChI=1S/C23H23NO5/c1-3-7-17(8-4-1)12-25-14-23-15-27-21(20(29-23)19-11-24-16-28-19)22(23)26-13-18-9-5-2-6-10-18/h1-11,16,20-22H,12-15H2/t20-,21+,22+,23+/m1/s1. The van der Waals surface area contributed by atoms with Gasteiger partial charge in [-0.3, -0.25) is 0 Å². The van der Waals surface area contributed by atoms with Gasteiger partial charge in [0, 0.05) is 0 Å². The van der Waals surface area contributed by atoms with E-state index in [0.717, 1.165) is 11.1 Å². The van der Waals surface area contributed by atoms with Gasteiger partial charge in [0.05, 0.1) is 32.6 Å². The van der Waals surface area contributed by atoms with Gasteiger partial charge in [0.2, 0.25) is 0 Å². The van der Waals surface area contributed by atoms with E-state index >= 15 is 0 Å². The van der Waals surface area contributed by atoms with Crippen LogP contribution in [0.25, 0.3) is 0 Å². The molecule has 6 heteroatoms. The Hall–Kier alpha value is -2.51. The molecule has 4 atom stereocenters. The number of ether oxygens (including phenoxy) is 4. The quantitative estimate of drug-likeness (QED) is 0.582. The van der Waals surface area contributed by atoms with Crippen molar-refractivity contribution < 1.29 is 23.4 Å². The molecule has 0 N–H and O–H groups in total. The van der Waals surface area contributed by atoms with E-state index in [1.54, 1.807) is 6.20 Å². The average molecular weight is 393 g/mol. The molecular weight excluding hydrogens is 370 g/mol. The van der Waals surface area contributed by atoms with Crippen LogP contribution in [0.2, 0.25) is 0 Å². The first-order valence-electron chi connectivity index (χ1n) is 9.79. The van der Waals surface area contributed by atoms with Crippen LogP contribution >= 0.6 is 0 Å². The van der Waals surface area contributed by atoms with Gasteiger partial charge >= 0.3 is 0 Å².